The predicted molar refractivity (Wildman–Crippen MR) is 114 cm³/mol. The van der Waals surface area contributed by atoms with Crippen molar-refractivity contribution in [2.75, 3.05) is 6.61 Å². The van der Waals surface area contributed by atoms with Crippen LogP contribution in [-0.4, -0.2) is 46.5 Å². The summed E-state index contributed by atoms with van der Waals surface area (Å²) in [5.41, 5.74) is 6.46. The molecule has 1 unspecified atom stereocenters. The van der Waals surface area contributed by atoms with Gasteiger partial charge in [0.25, 0.3) is 5.91 Å². The molecule has 10 heteroatoms. The third-order valence-corrected chi connectivity index (χ3v) is 4.19. The zero-order chi connectivity index (χ0) is 22.8. The van der Waals surface area contributed by atoms with Gasteiger partial charge in [0.05, 0.1) is 10.8 Å². The standard InChI is InChI=1S/C21H19N3O6S/c22-18(25)10-9-17(21(28)29)24-19(26)11-30-16-7-3-14(4-8-16)20(27)13-1-5-15(6-2-13)23-12-31/h1-8,17H,9-11H2,(H2,22,25)(H,24,26)(H,28,29). The van der Waals surface area contributed by atoms with Gasteiger partial charge in [0.1, 0.15) is 11.8 Å². The molecular formula is C21H19N3O6S. The number of isothiocyanates is 1. The zero-order valence-electron chi connectivity index (χ0n) is 16.2. The van der Waals surface area contributed by atoms with Crippen molar-refractivity contribution in [1.29, 1.82) is 0 Å². The number of hydrogen-bond donors (Lipinski definition) is 3. The first-order valence-electron chi connectivity index (χ1n) is 9.06. The van der Waals surface area contributed by atoms with Crippen molar-refractivity contribution in [2.45, 2.75) is 18.9 Å². The highest BCUT2D eigenvalue weighted by Crippen LogP contribution is 2.18. The summed E-state index contributed by atoms with van der Waals surface area (Å²) in [6, 6.07) is 11.4. The average molecular weight is 441 g/mol. The normalized spacial score (nSPS) is 11.0. The van der Waals surface area contributed by atoms with E-state index in [2.05, 4.69) is 27.7 Å². The molecule has 4 N–H and O–H groups in total. The second-order valence-corrected chi connectivity index (χ2v) is 6.54. The lowest BCUT2D eigenvalue weighted by atomic mass is 10.0. The number of nitrogens with one attached hydrogen (secondary N) is 1. The van der Waals surface area contributed by atoms with Gasteiger partial charge in [-0.2, -0.15) is 4.99 Å². The Morgan fingerprint density at radius 3 is 2.16 bits per heavy atom. The van der Waals surface area contributed by atoms with Gasteiger partial charge in [0.15, 0.2) is 12.4 Å². The van der Waals surface area contributed by atoms with Gasteiger partial charge in [-0.25, -0.2) is 4.79 Å². The minimum atomic E-state index is -1.28. The number of amides is 2. The van der Waals surface area contributed by atoms with E-state index in [0.29, 0.717) is 22.6 Å². The van der Waals surface area contributed by atoms with Crippen molar-refractivity contribution < 1.29 is 29.0 Å². The highest BCUT2D eigenvalue weighted by molar-refractivity contribution is 7.78. The van der Waals surface area contributed by atoms with Gasteiger partial charge in [0, 0.05) is 17.5 Å². The fourth-order valence-electron chi connectivity index (χ4n) is 2.54. The molecule has 160 valence electrons. The van der Waals surface area contributed by atoms with Gasteiger partial charge in [-0.1, -0.05) is 0 Å². The molecule has 0 bridgehead atoms. The van der Waals surface area contributed by atoms with Crippen LogP contribution in [0.5, 0.6) is 5.75 Å². The van der Waals surface area contributed by atoms with E-state index in [-0.39, 0.29) is 18.6 Å². The van der Waals surface area contributed by atoms with Gasteiger partial charge in [-0.05, 0) is 67.2 Å². The molecule has 0 radical (unpaired) electrons. The van der Waals surface area contributed by atoms with Gasteiger partial charge < -0.3 is 20.9 Å². The summed E-state index contributed by atoms with van der Waals surface area (Å²) >= 11 is 4.53. The maximum absolute atomic E-state index is 12.5. The maximum Gasteiger partial charge on any atom is 0.326 e. The first-order chi connectivity index (χ1) is 14.8. The van der Waals surface area contributed by atoms with E-state index in [0.717, 1.165) is 0 Å². The number of aliphatic carboxylic acids is 1. The summed E-state index contributed by atoms with van der Waals surface area (Å²) in [7, 11) is 0. The Morgan fingerprint density at radius 1 is 1.06 bits per heavy atom. The molecule has 2 amide bonds. The number of thiocarbonyl (C=S) groups is 1. The van der Waals surface area contributed by atoms with Crippen molar-refractivity contribution in [3.8, 4) is 5.75 Å². The van der Waals surface area contributed by atoms with Crippen LogP contribution < -0.4 is 15.8 Å². The first kappa shape index (κ1) is 23.4. The highest BCUT2D eigenvalue weighted by atomic mass is 32.1. The Bertz CT molecular complexity index is 1010. The van der Waals surface area contributed by atoms with E-state index in [9.17, 15) is 19.2 Å². The molecule has 1 atom stereocenters. The van der Waals surface area contributed by atoms with E-state index in [1.54, 1.807) is 36.4 Å². The second-order valence-electron chi connectivity index (χ2n) is 6.36. The number of carboxylic acid groups (broad SMARTS) is 1. The van der Waals surface area contributed by atoms with E-state index in [4.69, 9.17) is 15.6 Å². The van der Waals surface area contributed by atoms with Gasteiger partial charge in [0.2, 0.25) is 5.91 Å². The summed E-state index contributed by atoms with van der Waals surface area (Å²) in [6.45, 7) is -0.435. The van der Waals surface area contributed by atoms with Gasteiger partial charge >= 0.3 is 5.97 Å². The topological polar surface area (TPSA) is 148 Å². The lowest BCUT2D eigenvalue weighted by Gasteiger charge is -2.14. The van der Waals surface area contributed by atoms with Gasteiger partial charge in [-0.3, -0.25) is 14.4 Å². The predicted octanol–water partition coefficient (Wildman–Crippen LogP) is 1.87. The van der Waals surface area contributed by atoms with Crippen LogP contribution >= 0.6 is 12.2 Å². The number of primary amides is 1. The van der Waals surface area contributed by atoms with Crippen molar-refractivity contribution in [3.63, 3.8) is 0 Å². The zero-order valence-corrected chi connectivity index (χ0v) is 17.1. The quantitative estimate of drug-likeness (QED) is 0.274. The number of nitrogens with zero attached hydrogens (tertiary/aromatic N) is 1. The third-order valence-electron chi connectivity index (χ3n) is 4.10. The SMILES string of the molecule is NC(=O)CCC(NC(=O)COc1ccc(C(=O)c2ccc(N=C=S)cc2)cc1)C(=O)O. The van der Waals surface area contributed by atoms with Crippen LogP contribution in [0.1, 0.15) is 28.8 Å². The summed E-state index contributed by atoms with van der Waals surface area (Å²) in [5, 5.41) is 13.6. The number of hydrogen-bond acceptors (Lipinski definition) is 7. The monoisotopic (exact) mass is 441 g/mol. The van der Waals surface area contributed by atoms with E-state index < -0.39 is 30.4 Å². The number of benzene rings is 2. The summed E-state index contributed by atoms with van der Waals surface area (Å²) in [6.07, 6.45) is -0.290. The Labute approximate surface area is 182 Å². The number of rotatable bonds is 11. The number of ketones is 1. The molecule has 2 aromatic rings. The molecule has 0 heterocycles. The number of carboxylic acids is 1. The molecule has 0 aliphatic rings. The number of carbonyl (C=O) groups excluding carboxylic acids is 3. The van der Waals surface area contributed by atoms with Crippen LogP contribution in [0.3, 0.4) is 0 Å². The Hall–Kier alpha value is -3.88. The fraction of sp³-hybridized carbons (Fsp3) is 0.190. The summed E-state index contributed by atoms with van der Waals surface area (Å²) in [4.78, 5) is 50.2. The van der Waals surface area contributed by atoms with E-state index >= 15 is 0 Å². The molecule has 31 heavy (non-hydrogen) atoms. The highest BCUT2D eigenvalue weighted by Gasteiger charge is 2.20. The van der Waals surface area contributed by atoms with Crippen LogP contribution in [0.25, 0.3) is 0 Å². The number of ether oxygens (including phenoxy) is 1. The minimum Gasteiger partial charge on any atom is -0.484 e. The fourth-order valence-corrected chi connectivity index (χ4v) is 2.64. The largest absolute Gasteiger partial charge is 0.484 e. The molecule has 0 spiro atoms. The second kappa shape index (κ2) is 11.3. The van der Waals surface area contributed by atoms with Crippen molar-refractivity contribution >= 4 is 46.6 Å². The number of carbonyl (C=O) groups is 4. The molecule has 0 aliphatic heterocycles. The van der Waals surface area contributed by atoms with Crippen LogP contribution in [0.4, 0.5) is 5.69 Å². The number of aliphatic imine (C=N–C) groups is 1. The first-order valence-corrected chi connectivity index (χ1v) is 9.47. The summed E-state index contributed by atoms with van der Waals surface area (Å²) < 4.78 is 5.32. The molecule has 2 rings (SSSR count). The Balaban J connectivity index is 1.92. The minimum absolute atomic E-state index is 0.119. The Kier molecular flexibility index (Phi) is 8.56. The van der Waals surface area contributed by atoms with Crippen LogP contribution in [0.15, 0.2) is 53.5 Å². The van der Waals surface area contributed by atoms with Crippen molar-refractivity contribution in [3.05, 3.63) is 59.7 Å². The molecular weight excluding hydrogens is 422 g/mol. The van der Waals surface area contributed by atoms with Crippen LogP contribution in [-0.2, 0) is 14.4 Å². The Morgan fingerprint density at radius 2 is 1.65 bits per heavy atom. The van der Waals surface area contributed by atoms with Crippen molar-refractivity contribution in [1.82, 2.24) is 5.32 Å². The van der Waals surface area contributed by atoms with E-state index in [1.807, 2.05) is 0 Å². The molecule has 9 nitrogen and oxygen atoms in total. The number of nitrogens with two attached hydrogens (primary N) is 1. The molecule has 0 aliphatic carbocycles. The molecule has 0 saturated heterocycles. The lowest BCUT2D eigenvalue weighted by Crippen LogP contribution is -2.43. The average Bonchev–Trinajstić information content (AvgIpc) is 2.75. The molecule has 0 fully saturated rings. The van der Waals surface area contributed by atoms with E-state index in [1.165, 1.54) is 12.1 Å². The molecule has 2 aromatic carbocycles. The third kappa shape index (κ3) is 7.46. The smallest absolute Gasteiger partial charge is 0.326 e. The lowest BCUT2D eigenvalue weighted by molar-refractivity contribution is -0.142. The molecule has 0 aromatic heterocycles. The van der Waals surface area contributed by atoms with Gasteiger partial charge in [-0.15, -0.1) is 0 Å². The van der Waals surface area contributed by atoms with Crippen LogP contribution in [0, 0.1) is 0 Å². The summed E-state index contributed by atoms with van der Waals surface area (Å²) in [5.74, 6) is -2.50. The van der Waals surface area contributed by atoms with Crippen molar-refractivity contribution in [2.24, 2.45) is 10.7 Å². The maximum atomic E-state index is 12.5. The molecule has 0 saturated carbocycles. The van der Waals surface area contributed by atoms with Crippen LogP contribution in [0.2, 0.25) is 0 Å².